The lowest BCUT2D eigenvalue weighted by molar-refractivity contribution is -0.133. The number of carbonyl (C=O) groups excluding carboxylic acids is 2. The van der Waals surface area contributed by atoms with Gasteiger partial charge in [-0.15, -0.1) is 0 Å². The lowest BCUT2D eigenvalue weighted by Gasteiger charge is -2.54. The number of hydrogen-bond donors (Lipinski definition) is 0. The third kappa shape index (κ3) is 1.82. The van der Waals surface area contributed by atoms with Gasteiger partial charge in [-0.2, -0.15) is 0 Å². The summed E-state index contributed by atoms with van der Waals surface area (Å²) < 4.78 is 5.35. The molecule has 0 amide bonds. The smallest absolute Gasteiger partial charge is 0.318 e. The van der Waals surface area contributed by atoms with Crippen molar-refractivity contribution >= 4 is 11.8 Å². The van der Waals surface area contributed by atoms with Crippen molar-refractivity contribution in [2.24, 2.45) is 11.3 Å². The number of benzene rings is 1. The summed E-state index contributed by atoms with van der Waals surface area (Å²) in [6.07, 6.45) is 4.08. The molecule has 0 aromatic heterocycles. The molecule has 4 rings (SSSR count). The molecule has 3 nitrogen and oxygen atoms in total. The van der Waals surface area contributed by atoms with Crippen LogP contribution in [0.15, 0.2) is 12.1 Å². The van der Waals surface area contributed by atoms with Gasteiger partial charge in [0.15, 0.2) is 5.78 Å². The Balaban J connectivity index is 1.96. The molecule has 1 saturated carbocycles. The molecule has 0 spiro atoms. The second-order valence-corrected chi connectivity index (χ2v) is 8.48. The molecule has 0 saturated heterocycles. The van der Waals surface area contributed by atoms with E-state index < -0.39 is 0 Å². The van der Waals surface area contributed by atoms with Crippen molar-refractivity contribution in [1.29, 1.82) is 0 Å². The fraction of sp³-hybridized carbons (Fsp3) is 0.600. The molecule has 1 fully saturated rings. The Kier molecular flexibility index (Phi) is 2.89. The second-order valence-electron chi connectivity index (χ2n) is 8.48. The van der Waals surface area contributed by atoms with Crippen LogP contribution in [-0.4, -0.2) is 11.8 Å². The average Bonchev–Trinajstić information content (AvgIpc) is 2.76. The molecular weight excluding hydrogens is 288 g/mol. The first-order chi connectivity index (χ1) is 10.8. The van der Waals surface area contributed by atoms with Gasteiger partial charge in [0.05, 0.1) is 5.92 Å². The Bertz CT molecular complexity index is 731. The Morgan fingerprint density at radius 3 is 2.61 bits per heavy atom. The van der Waals surface area contributed by atoms with Crippen LogP contribution in [0.3, 0.4) is 0 Å². The third-order valence-corrected chi connectivity index (χ3v) is 6.72. The SMILES string of the molecule is CC1C(=O)Oc2ccc3c(c21)C(=O)C[C@H]1C(C)(C)CCC[C@]31C. The molecule has 0 N–H and O–H groups in total. The van der Waals surface area contributed by atoms with Gasteiger partial charge in [-0.1, -0.05) is 33.3 Å². The molecule has 122 valence electrons. The summed E-state index contributed by atoms with van der Waals surface area (Å²) in [5.41, 5.74) is 2.97. The van der Waals surface area contributed by atoms with Crippen LogP contribution >= 0.6 is 0 Å². The summed E-state index contributed by atoms with van der Waals surface area (Å²) in [5, 5.41) is 0. The number of Topliss-reactive ketones (excluding diaryl/α,β-unsaturated/α-hetero) is 1. The van der Waals surface area contributed by atoms with Crippen molar-refractivity contribution in [3.8, 4) is 5.75 Å². The summed E-state index contributed by atoms with van der Waals surface area (Å²) in [4.78, 5) is 25.0. The summed E-state index contributed by atoms with van der Waals surface area (Å²) >= 11 is 0. The summed E-state index contributed by atoms with van der Waals surface area (Å²) in [6, 6.07) is 3.95. The van der Waals surface area contributed by atoms with E-state index in [0.29, 0.717) is 18.1 Å². The zero-order valence-corrected chi connectivity index (χ0v) is 14.4. The van der Waals surface area contributed by atoms with Crippen molar-refractivity contribution in [3.63, 3.8) is 0 Å². The van der Waals surface area contributed by atoms with Crippen LogP contribution in [0, 0.1) is 11.3 Å². The number of ether oxygens (including phenoxy) is 1. The molecule has 23 heavy (non-hydrogen) atoms. The maximum Gasteiger partial charge on any atom is 0.318 e. The van der Waals surface area contributed by atoms with Gasteiger partial charge >= 0.3 is 5.97 Å². The van der Waals surface area contributed by atoms with E-state index in [1.807, 2.05) is 19.1 Å². The number of carbonyl (C=O) groups is 2. The minimum absolute atomic E-state index is 0.0192. The molecule has 3 heteroatoms. The standard InChI is InChI=1S/C20H24O3/c1-11-16-14(23-18(11)22)7-6-12-17(16)13(21)10-15-19(2,3)8-5-9-20(12,15)4/h6-7,11,15H,5,8-10H2,1-4H3/t11?,15-,20+/m0/s1. The molecule has 1 unspecified atom stereocenters. The topological polar surface area (TPSA) is 43.4 Å². The predicted octanol–water partition coefficient (Wildman–Crippen LogP) is 4.38. The highest BCUT2D eigenvalue weighted by Gasteiger charge is 2.53. The highest BCUT2D eigenvalue weighted by Crippen LogP contribution is 2.58. The van der Waals surface area contributed by atoms with Gasteiger partial charge in [0.1, 0.15) is 5.75 Å². The summed E-state index contributed by atoms with van der Waals surface area (Å²) in [5.74, 6) is 0.583. The van der Waals surface area contributed by atoms with Crippen molar-refractivity contribution in [2.45, 2.75) is 64.7 Å². The molecule has 2 aliphatic carbocycles. The molecule has 1 aromatic rings. The number of ketones is 1. The van der Waals surface area contributed by atoms with Crippen LogP contribution in [0.1, 0.15) is 80.8 Å². The van der Waals surface area contributed by atoms with Gasteiger partial charge in [0.2, 0.25) is 0 Å². The molecular formula is C20H24O3. The van der Waals surface area contributed by atoms with E-state index >= 15 is 0 Å². The Labute approximate surface area is 137 Å². The fourth-order valence-electron chi connectivity index (χ4n) is 5.44. The largest absolute Gasteiger partial charge is 0.426 e. The Morgan fingerprint density at radius 1 is 1.13 bits per heavy atom. The van der Waals surface area contributed by atoms with E-state index in [9.17, 15) is 9.59 Å². The molecule has 1 heterocycles. The van der Waals surface area contributed by atoms with E-state index in [1.54, 1.807) is 0 Å². The number of fused-ring (bicyclic) bond motifs is 5. The van der Waals surface area contributed by atoms with E-state index in [-0.39, 0.29) is 28.5 Å². The quantitative estimate of drug-likeness (QED) is 0.527. The minimum Gasteiger partial charge on any atom is -0.426 e. The number of rotatable bonds is 0. The average molecular weight is 312 g/mol. The lowest BCUT2D eigenvalue weighted by Crippen LogP contribution is -2.49. The monoisotopic (exact) mass is 312 g/mol. The van der Waals surface area contributed by atoms with Gasteiger partial charge in [0.25, 0.3) is 0 Å². The van der Waals surface area contributed by atoms with Crippen LogP contribution in [-0.2, 0) is 10.2 Å². The molecule has 3 atom stereocenters. The Hall–Kier alpha value is -1.64. The maximum atomic E-state index is 13.0. The van der Waals surface area contributed by atoms with Crippen LogP contribution in [0.4, 0.5) is 0 Å². The van der Waals surface area contributed by atoms with Gasteiger partial charge in [-0.3, -0.25) is 9.59 Å². The molecule has 0 bridgehead atoms. The van der Waals surface area contributed by atoms with Crippen molar-refractivity contribution in [2.75, 3.05) is 0 Å². The molecule has 1 aromatic carbocycles. The van der Waals surface area contributed by atoms with Gasteiger partial charge < -0.3 is 4.74 Å². The molecule has 1 aliphatic heterocycles. The van der Waals surface area contributed by atoms with Gasteiger partial charge in [-0.05, 0) is 48.1 Å². The van der Waals surface area contributed by atoms with E-state index in [2.05, 4.69) is 20.8 Å². The number of esters is 1. The first kappa shape index (κ1) is 14.9. The van der Waals surface area contributed by atoms with Crippen molar-refractivity contribution < 1.29 is 14.3 Å². The van der Waals surface area contributed by atoms with Gasteiger partial charge in [0, 0.05) is 17.5 Å². The highest BCUT2D eigenvalue weighted by molar-refractivity contribution is 6.04. The van der Waals surface area contributed by atoms with Crippen LogP contribution in [0.5, 0.6) is 5.75 Å². The fourth-order valence-corrected chi connectivity index (χ4v) is 5.44. The van der Waals surface area contributed by atoms with Gasteiger partial charge in [-0.25, -0.2) is 0 Å². The number of hydrogen-bond acceptors (Lipinski definition) is 3. The second kappa shape index (κ2) is 4.46. The van der Waals surface area contributed by atoms with E-state index in [4.69, 9.17) is 4.74 Å². The third-order valence-electron chi connectivity index (χ3n) is 6.72. The molecule has 3 aliphatic rings. The first-order valence-electron chi connectivity index (χ1n) is 8.68. The normalized spacial score (nSPS) is 34.4. The maximum absolute atomic E-state index is 13.0. The van der Waals surface area contributed by atoms with Crippen LogP contribution in [0.2, 0.25) is 0 Å². The first-order valence-corrected chi connectivity index (χ1v) is 8.68. The zero-order valence-electron chi connectivity index (χ0n) is 14.4. The summed E-state index contributed by atoms with van der Waals surface area (Å²) in [6.45, 7) is 8.77. The molecule has 0 radical (unpaired) electrons. The zero-order chi connectivity index (χ0) is 16.6. The van der Waals surface area contributed by atoms with Crippen LogP contribution < -0.4 is 4.74 Å². The highest BCUT2D eigenvalue weighted by atomic mass is 16.5. The van der Waals surface area contributed by atoms with E-state index in [0.717, 1.165) is 23.1 Å². The lowest BCUT2D eigenvalue weighted by atomic mass is 9.50. The van der Waals surface area contributed by atoms with Crippen molar-refractivity contribution in [1.82, 2.24) is 0 Å². The van der Waals surface area contributed by atoms with Crippen LogP contribution in [0.25, 0.3) is 0 Å². The Morgan fingerprint density at radius 2 is 1.87 bits per heavy atom. The summed E-state index contributed by atoms with van der Waals surface area (Å²) in [7, 11) is 0. The van der Waals surface area contributed by atoms with E-state index in [1.165, 1.54) is 12.8 Å². The van der Waals surface area contributed by atoms with Crippen molar-refractivity contribution in [3.05, 3.63) is 28.8 Å². The predicted molar refractivity (Wildman–Crippen MR) is 87.9 cm³/mol. The minimum atomic E-state index is -0.333.